The Morgan fingerprint density at radius 1 is 1.36 bits per heavy atom. The summed E-state index contributed by atoms with van der Waals surface area (Å²) < 4.78 is 1.11. The van der Waals surface area contributed by atoms with Gasteiger partial charge in [-0.25, -0.2) is 4.98 Å². The Bertz CT molecular complexity index is 635. The monoisotopic (exact) mass is 424 g/mol. The number of hydrogen-bond acceptors (Lipinski definition) is 6. The number of carbonyl (C=O) groups is 1. The second-order valence-electron chi connectivity index (χ2n) is 5.85. The molecule has 2 aromatic heterocycles. The first-order valence-electron chi connectivity index (χ1n) is 8.35. The number of nitrogens with one attached hydrogen (secondary N) is 2. The second-order valence-corrected chi connectivity index (χ2v) is 7.89. The maximum atomic E-state index is 12.3. The van der Waals surface area contributed by atoms with Crippen molar-refractivity contribution in [3.63, 3.8) is 0 Å². The van der Waals surface area contributed by atoms with E-state index < -0.39 is 0 Å². The van der Waals surface area contributed by atoms with Crippen LogP contribution in [0, 0.1) is 5.92 Å². The molecule has 2 N–H and O–H groups in total. The largest absolute Gasteiger partial charge is 0.351 e. The minimum Gasteiger partial charge on any atom is -0.351 e. The van der Waals surface area contributed by atoms with Crippen molar-refractivity contribution in [3.05, 3.63) is 10.9 Å². The minimum absolute atomic E-state index is 0. The average Bonchev–Trinajstić information content (AvgIpc) is 3.24. The van der Waals surface area contributed by atoms with Gasteiger partial charge in [0, 0.05) is 19.6 Å². The molecule has 1 fully saturated rings. The summed E-state index contributed by atoms with van der Waals surface area (Å²) in [5, 5.41) is 7.46. The first-order valence-corrected chi connectivity index (χ1v) is 9.98. The van der Waals surface area contributed by atoms with E-state index in [0.29, 0.717) is 5.92 Å². The van der Waals surface area contributed by atoms with Crippen LogP contribution in [0.2, 0.25) is 0 Å². The van der Waals surface area contributed by atoms with Crippen molar-refractivity contribution in [1.29, 1.82) is 0 Å². The molecule has 1 unspecified atom stereocenters. The molecule has 0 aromatic carbocycles. The van der Waals surface area contributed by atoms with Crippen LogP contribution in [0.5, 0.6) is 0 Å². The molecule has 0 bridgehead atoms. The molecule has 9 heteroatoms. The lowest BCUT2D eigenvalue weighted by Crippen LogP contribution is -2.25. The Labute approximate surface area is 169 Å². The molecule has 1 aliphatic rings. The number of halogens is 2. The van der Waals surface area contributed by atoms with Gasteiger partial charge >= 0.3 is 0 Å². The topological polar surface area (TPSA) is 57.3 Å². The predicted molar refractivity (Wildman–Crippen MR) is 113 cm³/mol. The number of thiazole rings is 1. The number of rotatable bonds is 7. The van der Waals surface area contributed by atoms with Crippen LogP contribution in [0.3, 0.4) is 0 Å². The van der Waals surface area contributed by atoms with E-state index in [1.165, 1.54) is 17.8 Å². The number of amides is 1. The van der Waals surface area contributed by atoms with Gasteiger partial charge in [0.25, 0.3) is 5.91 Å². The third-order valence-corrected chi connectivity index (χ3v) is 6.56. The number of nitrogens with zero attached hydrogens (tertiary/aromatic N) is 2. The summed E-state index contributed by atoms with van der Waals surface area (Å²) in [6.07, 6.45) is 2.28. The van der Waals surface area contributed by atoms with Crippen LogP contribution in [0.1, 0.15) is 36.4 Å². The molecule has 0 spiro atoms. The van der Waals surface area contributed by atoms with Crippen LogP contribution >= 0.6 is 47.5 Å². The smallest absolute Gasteiger partial charge is 0.261 e. The average molecular weight is 425 g/mol. The summed E-state index contributed by atoms with van der Waals surface area (Å²) in [7, 11) is 0. The Hall–Kier alpha value is -0.600. The fraction of sp³-hybridized carbons (Fsp3) is 0.625. The molecule has 0 radical (unpaired) electrons. The summed E-state index contributed by atoms with van der Waals surface area (Å²) >= 11 is 3.17. The summed E-state index contributed by atoms with van der Waals surface area (Å²) in [4.78, 5) is 20.9. The van der Waals surface area contributed by atoms with Crippen molar-refractivity contribution in [3.8, 4) is 0 Å². The Morgan fingerprint density at radius 2 is 2.12 bits per heavy atom. The lowest BCUT2D eigenvalue weighted by Gasteiger charge is -2.16. The normalized spacial score (nSPS) is 16.3. The number of anilines is 1. The highest BCUT2D eigenvalue weighted by Crippen LogP contribution is 2.34. The predicted octanol–water partition coefficient (Wildman–Crippen LogP) is 3.78. The van der Waals surface area contributed by atoms with E-state index in [4.69, 9.17) is 0 Å². The van der Waals surface area contributed by atoms with Crippen LogP contribution in [0.25, 0.3) is 9.53 Å². The fourth-order valence-electron chi connectivity index (χ4n) is 2.90. The third-order valence-electron chi connectivity index (χ3n) is 4.34. The third kappa shape index (κ3) is 5.44. The van der Waals surface area contributed by atoms with Crippen molar-refractivity contribution in [2.24, 2.45) is 5.92 Å². The van der Waals surface area contributed by atoms with Gasteiger partial charge in [-0.15, -0.1) is 36.2 Å². The first-order chi connectivity index (χ1) is 11.2. The number of carbonyl (C=O) groups excluding carboxylic acids is 1. The first kappa shape index (κ1) is 22.4. The molecule has 2 aromatic rings. The van der Waals surface area contributed by atoms with Gasteiger partial charge in [-0.1, -0.05) is 11.3 Å². The van der Waals surface area contributed by atoms with Crippen molar-refractivity contribution >= 4 is 68.1 Å². The maximum absolute atomic E-state index is 12.3. The fourth-order valence-corrected chi connectivity index (χ4v) is 5.16. The van der Waals surface area contributed by atoms with Gasteiger partial charge in [0.1, 0.15) is 4.83 Å². The summed E-state index contributed by atoms with van der Waals surface area (Å²) in [5.74, 6) is 0.746. The van der Waals surface area contributed by atoms with Crippen LogP contribution in [0.15, 0.2) is 6.07 Å². The molecule has 1 saturated heterocycles. The SMILES string of the molecule is CCN(CC)c1nc2sc(C(=O)NCCC3CCNC3)cc2s1.Cl.Cl. The zero-order chi connectivity index (χ0) is 16.2. The lowest BCUT2D eigenvalue weighted by atomic mass is 10.1. The van der Waals surface area contributed by atoms with Gasteiger partial charge in [0.2, 0.25) is 0 Å². The van der Waals surface area contributed by atoms with E-state index in [9.17, 15) is 4.79 Å². The zero-order valence-corrected chi connectivity index (χ0v) is 17.8. The summed E-state index contributed by atoms with van der Waals surface area (Å²) in [5.41, 5.74) is 0. The van der Waals surface area contributed by atoms with Crippen LogP contribution in [-0.4, -0.2) is 43.6 Å². The van der Waals surface area contributed by atoms with E-state index in [2.05, 4.69) is 34.4 Å². The van der Waals surface area contributed by atoms with Gasteiger partial charge in [0.05, 0.1) is 9.58 Å². The maximum Gasteiger partial charge on any atom is 0.261 e. The van der Waals surface area contributed by atoms with Gasteiger partial charge in [-0.2, -0.15) is 0 Å². The van der Waals surface area contributed by atoms with Crippen LogP contribution < -0.4 is 15.5 Å². The molecule has 0 saturated carbocycles. The van der Waals surface area contributed by atoms with Crippen molar-refractivity contribution < 1.29 is 4.79 Å². The van der Waals surface area contributed by atoms with Crippen LogP contribution in [-0.2, 0) is 0 Å². The minimum atomic E-state index is 0. The highest BCUT2D eigenvalue weighted by molar-refractivity contribution is 7.29. The molecule has 25 heavy (non-hydrogen) atoms. The molecular weight excluding hydrogens is 399 g/mol. The summed E-state index contributed by atoms with van der Waals surface area (Å²) in [6, 6.07) is 1.98. The second kappa shape index (κ2) is 10.5. The molecule has 3 rings (SSSR count). The standard InChI is InChI=1S/C16H24N4OS2.2ClH/c1-3-20(4-2)16-19-15-13(23-16)9-12(22-15)14(21)18-8-6-11-5-7-17-10-11;;/h9,11,17H,3-8,10H2,1-2H3,(H,18,21);2*1H. The number of hydrogen-bond donors (Lipinski definition) is 2. The van der Waals surface area contributed by atoms with E-state index in [1.807, 2.05) is 6.07 Å². The van der Waals surface area contributed by atoms with E-state index >= 15 is 0 Å². The lowest BCUT2D eigenvalue weighted by molar-refractivity contribution is 0.0956. The number of fused-ring (bicyclic) bond motifs is 1. The van der Waals surface area contributed by atoms with Crippen molar-refractivity contribution in [2.75, 3.05) is 37.6 Å². The van der Waals surface area contributed by atoms with Gasteiger partial charge in [-0.3, -0.25) is 4.79 Å². The van der Waals surface area contributed by atoms with E-state index in [0.717, 1.165) is 58.7 Å². The van der Waals surface area contributed by atoms with E-state index in [1.54, 1.807) is 11.3 Å². The number of thiophene rings is 1. The number of aromatic nitrogens is 1. The highest BCUT2D eigenvalue weighted by Gasteiger charge is 2.17. The molecule has 1 amide bonds. The van der Waals surface area contributed by atoms with Crippen molar-refractivity contribution in [2.45, 2.75) is 26.7 Å². The van der Waals surface area contributed by atoms with Gasteiger partial charge < -0.3 is 15.5 Å². The molecule has 1 atom stereocenters. The highest BCUT2D eigenvalue weighted by atomic mass is 35.5. The molecule has 3 heterocycles. The molecular formula is C16H26Cl2N4OS2. The van der Waals surface area contributed by atoms with E-state index in [-0.39, 0.29) is 30.7 Å². The Balaban J connectivity index is 0.00000156. The Morgan fingerprint density at radius 3 is 2.72 bits per heavy atom. The molecule has 0 aliphatic carbocycles. The zero-order valence-electron chi connectivity index (χ0n) is 14.5. The Kier molecular flexibility index (Phi) is 9.45. The molecule has 5 nitrogen and oxygen atoms in total. The summed E-state index contributed by atoms with van der Waals surface area (Å²) in [6.45, 7) is 9.15. The molecule has 1 aliphatic heterocycles. The van der Waals surface area contributed by atoms with Crippen LogP contribution in [0.4, 0.5) is 5.13 Å². The quantitative estimate of drug-likeness (QED) is 0.709. The van der Waals surface area contributed by atoms with Gasteiger partial charge in [0.15, 0.2) is 5.13 Å². The van der Waals surface area contributed by atoms with Crippen molar-refractivity contribution in [1.82, 2.24) is 15.6 Å². The van der Waals surface area contributed by atoms with Gasteiger partial charge in [-0.05, 0) is 51.8 Å². The molecule has 142 valence electrons.